The number of benzene rings is 1. The second kappa shape index (κ2) is 3.96. The number of rotatable bonds is 1. The first-order chi connectivity index (χ1) is 10.1. The van der Waals surface area contributed by atoms with Crippen molar-refractivity contribution in [2.24, 2.45) is 0 Å². The second-order valence-electron chi connectivity index (χ2n) is 5.23. The number of amides is 1. The van der Waals surface area contributed by atoms with Gasteiger partial charge in [-0.15, -0.1) is 11.3 Å². The zero-order valence-electron chi connectivity index (χ0n) is 11.1. The summed E-state index contributed by atoms with van der Waals surface area (Å²) in [4.78, 5) is 16.3. The molecule has 0 fully saturated rings. The highest BCUT2D eigenvalue weighted by atomic mass is 32.1. The predicted molar refractivity (Wildman–Crippen MR) is 80.1 cm³/mol. The van der Waals surface area contributed by atoms with Gasteiger partial charge in [0.05, 0.1) is 17.4 Å². The molecule has 0 radical (unpaired) electrons. The number of aromatic nitrogens is 1. The summed E-state index contributed by atoms with van der Waals surface area (Å²) < 4.78 is 0. The molecule has 4 rings (SSSR count). The van der Waals surface area contributed by atoms with Crippen LogP contribution in [0.15, 0.2) is 23.7 Å². The summed E-state index contributed by atoms with van der Waals surface area (Å²) in [5.74, 6) is -0.278. The number of nitrogens with one attached hydrogen (secondary N) is 3. The fourth-order valence-corrected chi connectivity index (χ4v) is 3.32. The van der Waals surface area contributed by atoms with Crippen molar-refractivity contribution in [3.05, 3.63) is 34.3 Å². The van der Waals surface area contributed by atoms with Gasteiger partial charge in [-0.25, -0.2) is 4.98 Å². The summed E-state index contributed by atoms with van der Waals surface area (Å²) in [5.41, 5.74) is 2.05. The number of nitriles is 1. The molecule has 0 bridgehead atoms. The molecule has 0 spiro atoms. The van der Waals surface area contributed by atoms with Crippen LogP contribution in [0.3, 0.4) is 0 Å². The SMILES string of the molecule is CC1(C#N)C(=O)Nc2cc3c(cc21)NC(c1nccs1)N3. The Morgan fingerprint density at radius 2 is 2.10 bits per heavy atom. The molecular formula is C14H11N5OS. The molecule has 1 amide bonds. The van der Waals surface area contributed by atoms with Crippen LogP contribution in [0.4, 0.5) is 17.1 Å². The van der Waals surface area contributed by atoms with Crippen molar-refractivity contribution in [2.75, 3.05) is 16.0 Å². The van der Waals surface area contributed by atoms with Crippen LogP contribution in [0.2, 0.25) is 0 Å². The van der Waals surface area contributed by atoms with Gasteiger partial charge in [0.1, 0.15) is 5.01 Å². The van der Waals surface area contributed by atoms with E-state index in [1.807, 2.05) is 17.5 Å². The molecular weight excluding hydrogens is 286 g/mol. The van der Waals surface area contributed by atoms with Gasteiger partial charge >= 0.3 is 0 Å². The zero-order chi connectivity index (χ0) is 14.6. The Hall–Kier alpha value is -2.59. The molecule has 0 saturated carbocycles. The molecule has 2 atom stereocenters. The summed E-state index contributed by atoms with van der Waals surface area (Å²) in [6, 6.07) is 5.84. The Morgan fingerprint density at radius 1 is 1.33 bits per heavy atom. The van der Waals surface area contributed by atoms with Crippen molar-refractivity contribution in [1.29, 1.82) is 5.26 Å². The number of anilines is 3. The number of hydrogen-bond acceptors (Lipinski definition) is 6. The van der Waals surface area contributed by atoms with Gasteiger partial charge in [0.15, 0.2) is 11.6 Å². The van der Waals surface area contributed by atoms with Crippen LogP contribution in [-0.4, -0.2) is 10.9 Å². The van der Waals surface area contributed by atoms with Crippen LogP contribution in [0.25, 0.3) is 0 Å². The van der Waals surface area contributed by atoms with Gasteiger partial charge in [0.25, 0.3) is 0 Å². The van der Waals surface area contributed by atoms with Crippen molar-refractivity contribution < 1.29 is 4.79 Å². The Kier molecular flexibility index (Phi) is 2.30. The number of thiazole rings is 1. The number of hydrogen-bond donors (Lipinski definition) is 3. The van der Waals surface area contributed by atoms with Crippen molar-refractivity contribution in [2.45, 2.75) is 18.5 Å². The highest BCUT2D eigenvalue weighted by molar-refractivity contribution is 7.09. The molecule has 104 valence electrons. The lowest BCUT2D eigenvalue weighted by atomic mass is 9.85. The average molecular weight is 297 g/mol. The molecule has 0 aliphatic carbocycles. The fourth-order valence-electron chi connectivity index (χ4n) is 2.68. The van der Waals surface area contributed by atoms with Gasteiger partial charge in [-0.05, 0) is 19.1 Å². The summed E-state index contributed by atoms with van der Waals surface area (Å²) >= 11 is 1.57. The molecule has 21 heavy (non-hydrogen) atoms. The Bertz CT molecular complexity index is 794. The maximum Gasteiger partial charge on any atom is 0.249 e. The maximum atomic E-state index is 12.0. The monoisotopic (exact) mass is 297 g/mol. The summed E-state index contributed by atoms with van der Waals surface area (Å²) in [6.07, 6.45) is 1.69. The molecule has 0 saturated heterocycles. The summed E-state index contributed by atoms with van der Waals surface area (Å²) in [5, 5.41) is 21.6. The van der Waals surface area contributed by atoms with E-state index in [0.29, 0.717) is 11.3 Å². The van der Waals surface area contributed by atoms with Crippen LogP contribution in [0, 0.1) is 11.3 Å². The third-order valence-electron chi connectivity index (χ3n) is 3.92. The smallest absolute Gasteiger partial charge is 0.249 e. The Balaban J connectivity index is 1.76. The minimum Gasteiger partial charge on any atom is -0.358 e. The maximum absolute atomic E-state index is 12.0. The molecule has 2 aromatic rings. The number of nitrogens with zero attached hydrogens (tertiary/aromatic N) is 2. The summed E-state index contributed by atoms with van der Waals surface area (Å²) in [6.45, 7) is 1.64. The van der Waals surface area contributed by atoms with E-state index in [1.165, 1.54) is 0 Å². The van der Waals surface area contributed by atoms with Crippen molar-refractivity contribution in [3.8, 4) is 6.07 Å². The van der Waals surface area contributed by atoms with Gasteiger partial charge in [-0.2, -0.15) is 5.26 Å². The summed E-state index contributed by atoms with van der Waals surface area (Å²) in [7, 11) is 0. The van der Waals surface area contributed by atoms with Gasteiger partial charge < -0.3 is 16.0 Å². The molecule has 3 N–H and O–H groups in total. The third-order valence-corrected chi connectivity index (χ3v) is 4.76. The van der Waals surface area contributed by atoms with E-state index < -0.39 is 5.41 Å². The Labute approximate surface area is 124 Å². The minimum atomic E-state index is -1.13. The first kappa shape index (κ1) is 12.2. The van der Waals surface area contributed by atoms with Gasteiger partial charge in [0.2, 0.25) is 5.91 Å². The minimum absolute atomic E-state index is 0.0773. The van der Waals surface area contributed by atoms with Gasteiger partial charge in [-0.1, -0.05) is 0 Å². The second-order valence-corrected chi connectivity index (χ2v) is 6.15. The standard InChI is InChI=1S/C14H11N5OS/c1-14(6-15)7-4-9-10(5-8(7)19-13(14)20)18-11(17-9)12-16-2-3-21-12/h2-5,11,17-18H,1H3,(H,19,20). The van der Waals surface area contributed by atoms with E-state index in [-0.39, 0.29) is 12.1 Å². The molecule has 1 aromatic heterocycles. The third kappa shape index (κ3) is 1.56. The lowest BCUT2D eigenvalue weighted by Gasteiger charge is -2.12. The largest absolute Gasteiger partial charge is 0.358 e. The van der Waals surface area contributed by atoms with E-state index >= 15 is 0 Å². The van der Waals surface area contributed by atoms with E-state index in [2.05, 4.69) is 27.0 Å². The van der Waals surface area contributed by atoms with Crippen LogP contribution in [-0.2, 0) is 10.2 Å². The van der Waals surface area contributed by atoms with Crippen molar-refractivity contribution in [3.63, 3.8) is 0 Å². The molecule has 3 heterocycles. The van der Waals surface area contributed by atoms with E-state index in [0.717, 1.165) is 16.4 Å². The molecule has 6 nitrogen and oxygen atoms in total. The zero-order valence-corrected chi connectivity index (χ0v) is 11.9. The number of carbonyl (C=O) groups excluding carboxylic acids is 1. The highest BCUT2D eigenvalue weighted by Crippen LogP contribution is 2.45. The topological polar surface area (TPSA) is 89.8 Å². The van der Waals surface area contributed by atoms with E-state index in [1.54, 1.807) is 24.5 Å². The predicted octanol–water partition coefficient (Wildman–Crippen LogP) is 2.41. The molecule has 2 aliphatic rings. The van der Waals surface area contributed by atoms with Crippen LogP contribution < -0.4 is 16.0 Å². The number of carbonyl (C=O) groups is 1. The van der Waals surface area contributed by atoms with Crippen LogP contribution in [0.5, 0.6) is 0 Å². The normalized spacial score (nSPS) is 25.3. The molecule has 2 aliphatic heterocycles. The molecule has 7 heteroatoms. The van der Waals surface area contributed by atoms with Gasteiger partial charge in [-0.3, -0.25) is 4.79 Å². The molecule has 2 unspecified atom stereocenters. The van der Waals surface area contributed by atoms with E-state index in [4.69, 9.17) is 0 Å². The first-order valence-electron chi connectivity index (χ1n) is 6.45. The van der Waals surface area contributed by atoms with Crippen LogP contribution >= 0.6 is 11.3 Å². The quantitative estimate of drug-likeness (QED) is 0.752. The average Bonchev–Trinajstić information content (AvgIpc) is 3.17. The highest BCUT2D eigenvalue weighted by Gasteiger charge is 2.44. The first-order valence-corrected chi connectivity index (χ1v) is 7.33. The van der Waals surface area contributed by atoms with Crippen molar-refractivity contribution in [1.82, 2.24) is 4.98 Å². The van der Waals surface area contributed by atoms with Gasteiger partial charge in [0, 0.05) is 22.8 Å². The Morgan fingerprint density at radius 3 is 2.76 bits per heavy atom. The van der Waals surface area contributed by atoms with Crippen molar-refractivity contribution >= 4 is 34.3 Å². The fraction of sp³-hybridized carbons (Fsp3) is 0.214. The number of fused-ring (bicyclic) bond motifs is 2. The lowest BCUT2D eigenvalue weighted by molar-refractivity contribution is -0.118. The van der Waals surface area contributed by atoms with E-state index in [9.17, 15) is 10.1 Å². The van der Waals surface area contributed by atoms with Crippen LogP contribution in [0.1, 0.15) is 23.7 Å². The molecule has 1 aromatic carbocycles. The lowest BCUT2D eigenvalue weighted by Crippen LogP contribution is -2.28.